The van der Waals surface area contributed by atoms with Crippen LogP contribution < -0.4 is 5.73 Å². The highest BCUT2D eigenvalue weighted by Gasteiger charge is 2.34. The van der Waals surface area contributed by atoms with Crippen LogP contribution in [0.5, 0.6) is 0 Å². The average Bonchev–Trinajstić information content (AvgIpc) is 2.63. The molecule has 0 spiro atoms. The summed E-state index contributed by atoms with van der Waals surface area (Å²) >= 11 is 0. The second-order valence-corrected chi connectivity index (χ2v) is 6.89. The smallest absolute Gasteiger partial charge is 0.366 e. The van der Waals surface area contributed by atoms with Gasteiger partial charge in [-0.15, -0.1) is 0 Å². The van der Waals surface area contributed by atoms with Gasteiger partial charge in [0.25, 0.3) is 0 Å². The number of hydrogen-bond donors (Lipinski definition) is 1. The molecule has 0 radical (unpaired) electrons. The molecule has 144 valence electrons. The molecule has 27 heavy (non-hydrogen) atoms. The van der Waals surface area contributed by atoms with Gasteiger partial charge < -0.3 is 10.6 Å². The molecule has 1 heterocycles. The number of rotatable bonds is 4. The highest BCUT2D eigenvalue weighted by atomic mass is 19.4. The first kappa shape index (κ1) is 19.4. The van der Waals surface area contributed by atoms with Crippen LogP contribution in [0.15, 0.2) is 42.5 Å². The number of piperazine rings is 1. The van der Waals surface area contributed by atoms with E-state index < -0.39 is 17.6 Å². The Kier molecular flexibility index (Phi) is 5.53. The van der Waals surface area contributed by atoms with Crippen molar-refractivity contribution in [3.63, 3.8) is 0 Å². The van der Waals surface area contributed by atoms with Crippen LogP contribution in [0.3, 0.4) is 0 Å². The highest BCUT2D eigenvalue weighted by Crippen LogP contribution is 2.35. The van der Waals surface area contributed by atoms with E-state index in [1.165, 1.54) is 18.2 Å². The molecule has 1 amide bonds. The van der Waals surface area contributed by atoms with Crippen molar-refractivity contribution in [1.82, 2.24) is 9.80 Å². The number of carbonyl (C=O) groups excluding carboxylic acids is 1. The second-order valence-electron chi connectivity index (χ2n) is 6.89. The normalized spacial score (nSPS) is 16.4. The number of benzene rings is 2. The lowest BCUT2D eigenvalue weighted by Crippen LogP contribution is -2.44. The maximum Gasteiger partial charge on any atom is 0.416 e. The lowest BCUT2D eigenvalue weighted by molar-refractivity contribution is -0.138. The Bertz CT molecular complexity index is 827. The van der Waals surface area contributed by atoms with Crippen molar-refractivity contribution in [3.05, 3.63) is 59.2 Å². The van der Waals surface area contributed by atoms with Gasteiger partial charge in [-0.25, -0.2) is 0 Å². The van der Waals surface area contributed by atoms with Gasteiger partial charge in [-0.1, -0.05) is 24.3 Å². The first-order valence-corrected chi connectivity index (χ1v) is 8.75. The van der Waals surface area contributed by atoms with Crippen molar-refractivity contribution in [2.24, 2.45) is 5.73 Å². The van der Waals surface area contributed by atoms with E-state index in [0.717, 1.165) is 32.2 Å². The molecule has 0 bridgehead atoms. The molecule has 7 heteroatoms. The fourth-order valence-corrected chi connectivity index (χ4v) is 3.26. The minimum absolute atomic E-state index is 0.266. The van der Waals surface area contributed by atoms with E-state index in [1.807, 2.05) is 11.9 Å². The number of carbonyl (C=O) groups is 1. The van der Waals surface area contributed by atoms with E-state index in [-0.39, 0.29) is 17.7 Å². The Hall–Kier alpha value is -2.38. The summed E-state index contributed by atoms with van der Waals surface area (Å²) in [7, 11) is 2.01. The van der Waals surface area contributed by atoms with E-state index >= 15 is 0 Å². The molecule has 1 saturated heterocycles. The van der Waals surface area contributed by atoms with Crippen LogP contribution in [-0.4, -0.2) is 48.9 Å². The van der Waals surface area contributed by atoms with Crippen molar-refractivity contribution in [3.8, 4) is 11.1 Å². The fourth-order valence-electron chi connectivity index (χ4n) is 3.26. The minimum Gasteiger partial charge on any atom is -0.366 e. The Labute approximate surface area is 156 Å². The largest absolute Gasteiger partial charge is 0.416 e. The standard InChI is InChI=1S/C20H22F3N3O/c1-25-7-9-26(10-8-25)13-17-6-5-15(12-18(17)20(21,22)23)14-3-2-4-16(11-14)19(24)27/h2-6,11-12H,7-10,13H2,1H3,(H2,24,27). The molecule has 1 aliphatic rings. The van der Waals surface area contributed by atoms with Crippen molar-refractivity contribution in [2.75, 3.05) is 33.2 Å². The Balaban J connectivity index is 1.93. The Morgan fingerprint density at radius 2 is 1.70 bits per heavy atom. The molecule has 2 aromatic carbocycles. The van der Waals surface area contributed by atoms with Crippen molar-refractivity contribution < 1.29 is 18.0 Å². The minimum atomic E-state index is -4.45. The van der Waals surface area contributed by atoms with Crippen LogP contribution in [0.1, 0.15) is 21.5 Å². The monoisotopic (exact) mass is 377 g/mol. The van der Waals surface area contributed by atoms with E-state index in [0.29, 0.717) is 11.1 Å². The average molecular weight is 377 g/mol. The lowest BCUT2D eigenvalue weighted by Gasteiger charge is -2.33. The van der Waals surface area contributed by atoms with Gasteiger partial charge in [-0.3, -0.25) is 9.69 Å². The molecular weight excluding hydrogens is 355 g/mol. The van der Waals surface area contributed by atoms with Crippen LogP contribution in [0, 0.1) is 0 Å². The van der Waals surface area contributed by atoms with E-state index in [2.05, 4.69) is 4.90 Å². The van der Waals surface area contributed by atoms with E-state index in [9.17, 15) is 18.0 Å². The Morgan fingerprint density at radius 3 is 2.33 bits per heavy atom. The van der Waals surface area contributed by atoms with E-state index in [1.54, 1.807) is 18.2 Å². The second kappa shape index (κ2) is 7.70. The van der Waals surface area contributed by atoms with Crippen molar-refractivity contribution in [1.29, 1.82) is 0 Å². The molecule has 3 rings (SSSR count). The summed E-state index contributed by atoms with van der Waals surface area (Å²) in [6.07, 6.45) is -4.45. The van der Waals surface area contributed by atoms with Gasteiger partial charge in [0.1, 0.15) is 0 Å². The topological polar surface area (TPSA) is 49.6 Å². The molecule has 4 nitrogen and oxygen atoms in total. The molecule has 0 aliphatic carbocycles. The summed E-state index contributed by atoms with van der Waals surface area (Å²) < 4.78 is 41.0. The first-order chi connectivity index (χ1) is 12.7. The van der Waals surface area contributed by atoms with Gasteiger partial charge in [-0.05, 0) is 41.9 Å². The summed E-state index contributed by atoms with van der Waals surface area (Å²) in [4.78, 5) is 15.5. The van der Waals surface area contributed by atoms with Gasteiger partial charge in [0.05, 0.1) is 5.56 Å². The number of alkyl halides is 3. The molecule has 0 aromatic heterocycles. The first-order valence-electron chi connectivity index (χ1n) is 8.75. The Morgan fingerprint density at radius 1 is 1.04 bits per heavy atom. The fraction of sp³-hybridized carbons (Fsp3) is 0.350. The van der Waals surface area contributed by atoms with Crippen LogP contribution in [0.4, 0.5) is 13.2 Å². The quantitative estimate of drug-likeness (QED) is 0.890. The third kappa shape index (κ3) is 4.67. The maximum absolute atomic E-state index is 13.7. The van der Waals surface area contributed by atoms with Gasteiger partial charge in [0, 0.05) is 38.3 Å². The summed E-state index contributed by atoms with van der Waals surface area (Å²) in [6, 6.07) is 10.7. The molecular formula is C20H22F3N3O. The zero-order valence-electron chi connectivity index (χ0n) is 15.1. The summed E-state index contributed by atoms with van der Waals surface area (Å²) in [5.41, 5.74) is 6.11. The third-order valence-electron chi connectivity index (χ3n) is 4.89. The summed E-state index contributed by atoms with van der Waals surface area (Å²) in [6.45, 7) is 3.45. The molecule has 1 fully saturated rings. The van der Waals surface area contributed by atoms with Gasteiger partial charge in [-0.2, -0.15) is 13.2 Å². The number of nitrogens with zero attached hydrogens (tertiary/aromatic N) is 2. The van der Waals surface area contributed by atoms with Crippen LogP contribution >= 0.6 is 0 Å². The zero-order chi connectivity index (χ0) is 19.6. The van der Waals surface area contributed by atoms with Crippen molar-refractivity contribution in [2.45, 2.75) is 12.7 Å². The predicted molar refractivity (Wildman–Crippen MR) is 98.2 cm³/mol. The number of nitrogens with two attached hydrogens (primary N) is 1. The van der Waals surface area contributed by atoms with Gasteiger partial charge in [0.2, 0.25) is 5.91 Å². The van der Waals surface area contributed by atoms with E-state index in [4.69, 9.17) is 5.73 Å². The third-order valence-corrected chi connectivity index (χ3v) is 4.89. The molecule has 0 saturated carbocycles. The molecule has 1 aliphatic heterocycles. The van der Waals surface area contributed by atoms with Gasteiger partial charge in [0.15, 0.2) is 0 Å². The maximum atomic E-state index is 13.7. The van der Waals surface area contributed by atoms with Crippen molar-refractivity contribution >= 4 is 5.91 Å². The predicted octanol–water partition coefficient (Wildman–Crippen LogP) is 3.22. The van der Waals surface area contributed by atoms with Gasteiger partial charge >= 0.3 is 6.18 Å². The summed E-state index contributed by atoms with van der Waals surface area (Å²) in [5.74, 6) is -0.611. The SMILES string of the molecule is CN1CCN(Cc2ccc(-c3cccc(C(N)=O)c3)cc2C(F)(F)F)CC1. The number of likely N-dealkylation sites (N-methyl/N-ethyl adjacent to an activating group) is 1. The molecule has 0 unspecified atom stereocenters. The number of amides is 1. The van der Waals surface area contributed by atoms with Crippen LogP contribution in [0.2, 0.25) is 0 Å². The number of halogens is 3. The van der Waals surface area contributed by atoms with Crippen LogP contribution in [0.25, 0.3) is 11.1 Å². The summed E-state index contributed by atoms with van der Waals surface area (Å²) in [5, 5.41) is 0. The lowest BCUT2D eigenvalue weighted by atomic mass is 9.97. The number of hydrogen-bond acceptors (Lipinski definition) is 3. The number of primary amides is 1. The highest BCUT2D eigenvalue weighted by molar-refractivity contribution is 5.94. The zero-order valence-corrected chi connectivity index (χ0v) is 15.1. The molecule has 2 aromatic rings. The molecule has 2 N–H and O–H groups in total. The molecule has 0 atom stereocenters. The van der Waals surface area contributed by atoms with Crippen LogP contribution in [-0.2, 0) is 12.7 Å².